The van der Waals surface area contributed by atoms with E-state index >= 15 is 0 Å². The predicted molar refractivity (Wildman–Crippen MR) is 55.7 cm³/mol. The van der Waals surface area contributed by atoms with Gasteiger partial charge in [0, 0.05) is 12.1 Å². The highest BCUT2D eigenvalue weighted by Crippen LogP contribution is 2.27. The van der Waals surface area contributed by atoms with Crippen molar-refractivity contribution >= 4 is 5.69 Å². The third kappa shape index (κ3) is 1.90. The molecule has 1 N–H and O–H groups in total. The summed E-state index contributed by atoms with van der Waals surface area (Å²) in [6, 6.07) is 9.70. The quantitative estimate of drug-likeness (QED) is 0.520. The third-order valence-corrected chi connectivity index (χ3v) is 2.57. The smallest absolute Gasteiger partial charge is 0.165 e. The van der Waals surface area contributed by atoms with Crippen LogP contribution in [0.1, 0.15) is 20.8 Å². The molecule has 1 unspecified atom stereocenters. The average molecular weight is 180 g/mol. The summed E-state index contributed by atoms with van der Waals surface area (Å²) in [7, 11) is 1.80. The Kier molecular flexibility index (Phi) is 2.46. The van der Waals surface area contributed by atoms with Crippen LogP contribution in [0.25, 0.3) is 0 Å². The van der Waals surface area contributed by atoms with Gasteiger partial charge in [0.25, 0.3) is 0 Å². The van der Waals surface area contributed by atoms with Gasteiger partial charge in [-0.3, -0.25) is 0 Å². The van der Waals surface area contributed by atoms with E-state index in [0.717, 1.165) is 5.69 Å². The highest BCUT2D eigenvalue weighted by Gasteiger charge is 2.37. The maximum atomic E-state index is 10.3. The number of hydrogen-bond donors (Lipinski definition) is 1. The molecule has 72 valence electrons. The lowest BCUT2D eigenvalue weighted by atomic mass is 10.1. The lowest BCUT2D eigenvalue weighted by Gasteiger charge is -2.37. The molecule has 0 radical (unpaired) electrons. The van der Waals surface area contributed by atoms with Gasteiger partial charge in [-0.15, -0.1) is 4.65 Å². The van der Waals surface area contributed by atoms with E-state index < -0.39 is 0 Å². The third-order valence-electron chi connectivity index (χ3n) is 2.57. The molecule has 1 aromatic rings. The van der Waals surface area contributed by atoms with Gasteiger partial charge in [-0.25, -0.2) is 5.21 Å². The topological polar surface area (TPSA) is 20.2 Å². The molecule has 0 spiro atoms. The molecule has 0 amide bonds. The first-order chi connectivity index (χ1) is 5.86. The van der Waals surface area contributed by atoms with Gasteiger partial charge >= 0.3 is 0 Å². The Labute approximate surface area is 80.0 Å². The Morgan fingerprint density at radius 2 is 1.54 bits per heavy atom. The van der Waals surface area contributed by atoms with Gasteiger partial charge in [-0.1, -0.05) is 18.2 Å². The summed E-state index contributed by atoms with van der Waals surface area (Å²) in [5.74, 6) is 0. The lowest BCUT2D eigenvalue weighted by Crippen LogP contribution is -2.56. The van der Waals surface area contributed by atoms with Gasteiger partial charge in [0.1, 0.15) is 12.6 Å². The molecule has 2 heteroatoms. The molecule has 13 heavy (non-hydrogen) atoms. The number of para-hydroxylation sites is 1. The minimum absolute atomic E-state index is 0.0894. The van der Waals surface area contributed by atoms with Crippen molar-refractivity contribution in [2.45, 2.75) is 26.3 Å². The molecule has 2 nitrogen and oxygen atoms in total. The van der Waals surface area contributed by atoms with Crippen molar-refractivity contribution in [1.29, 1.82) is 0 Å². The number of benzene rings is 1. The lowest BCUT2D eigenvalue weighted by molar-refractivity contribution is -0.120. The Balaban J connectivity index is 3.08. The molecule has 0 aliphatic rings. The van der Waals surface area contributed by atoms with Gasteiger partial charge < -0.3 is 0 Å². The minimum Gasteiger partial charge on any atom is -0.211 e. The average Bonchev–Trinajstić information content (AvgIpc) is 2.04. The van der Waals surface area contributed by atoms with E-state index in [1.54, 1.807) is 7.05 Å². The summed E-state index contributed by atoms with van der Waals surface area (Å²) in [6.07, 6.45) is 0. The highest BCUT2D eigenvalue weighted by atomic mass is 16.5. The monoisotopic (exact) mass is 180 g/mol. The van der Waals surface area contributed by atoms with Gasteiger partial charge in [0.2, 0.25) is 0 Å². The van der Waals surface area contributed by atoms with Crippen LogP contribution in [0.5, 0.6) is 0 Å². The molecule has 0 aliphatic heterocycles. The first-order valence-corrected chi connectivity index (χ1v) is 4.51. The van der Waals surface area contributed by atoms with Crippen molar-refractivity contribution in [3.63, 3.8) is 0 Å². The second-order valence-electron chi connectivity index (χ2n) is 4.47. The van der Waals surface area contributed by atoms with Crippen molar-refractivity contribution in [3.8, 4) is 0 Å². The van der Waals surface area contributed by atoms with Crippen LogP contribution in [0.3, 0.4) is 0 Å². The molecular weight excluding hydrogens is 162 g/mol. The zero-order chi connectivity index (χ0) is 10.1. The van der Waals surface area contributed by atoms with Crippen molar-refractivity contribution in [2.75, 3.05) is 7.05 Å². The fourth-order valence-corrected chi connectivity index (χ4v) is 1.11. The molecule has 0 saturated carbocycles. The van der Waals surface area contributed by atoms with Gasteiger partial charge in [-0.2, -0.15) is 0 Å². The molecule has 1 rings (SSSR count). The van der Waals surface area contributed by atoms with E-state index in [9.17, 15) is 5.21 Å². The number of nitrogens with zero attached hydrogens (tertiary/aromatic N) is 1. The minimum atomic E-state index is -0.207. The van der Waals surface area contributed by atoms with E-state index in [2.05, 4.69) is 0 Å². The van der Waals surface area contributed by atoms with Crippen LogP contribution < -0.4 is 4.65 Å². The summed E-state index contributed by atoms with van der Waals surface area (Å²) in [5, 5.41) is 10.3. The van der Waals surface area contributed by atoms with Crippen molar-refractivity contribution in [2.24, 2.45) is 0 Å². The summed E-state index contributed by atoms with van der Waals surface area (Å²) >= 11 is 0. The predicted octanol–water partition coefficient (Wildman–Crippen LogP) is 2.81. The fraction of sp³-hybridized carbons (Fsp3) is 0.455. The van der Waals surface area contributed by atoms with Gasteiger partial charge in [0.05, 0.1) is 0 Å². The van der Waals surface area contributed by atoms with Crippen LogP contribution in [0.4, 0.5) is 5.69 Å². The maximum absolute atomic E-state index is 10.3. The highest BCUT2D eigenvalue weighted by molar-refractivity contribution is 5.41. The van der Waals surface area contributed by atoms with Crippen LogP contribution in [-0.2, 0) is 0 Å². The van der Waals surface area contributed by atoms with Gasteiger partial charge in [0.15, 0.2) is 5.69 Å². The van der Waals surface area contributed by atoms with Crippen LogP contribution in [-0.4, -0.2) is 17.8 Å². The molecule has 0 aliphatic carbocycles. The number of quaternary nitrogens is 1. The number of hydroxylamine groups is 2. The SMILES string of the molecule is CC(C)(C)[N+](C)(O)c1ccccc1. The summed E-state index contributed by atoms with van der Waals surface area (Å²) in [6.45, 7) is 6.04. The standard InChI is InChI=1S/C11H18NO/c1-11(2,3)12(4,13)10-8-6-5-7-9-10/h5-9,13H,1-4H3/q+1. The van der Waals surface area contributed by atoms with Crippen molar-refractivity contribution < 1.29 is 5.21 Å². The Hall–Kier alpha value is -0.860. The van der Waals surface area contributed by atoms with E-state index in [1.165, 1.54) is 0 Å². The van der Waals surface area contributed by atoms with E-state index in [0.29, 0.717) is 0 Å². The van der Waals surface area contributed by atoms with Crippen LogP contribution >= 0.6 is 0 Å². The molecule has 1 atom stereocenters. The molecule has 1 aromatic carbocycles. The van der Waals surface area contributed by atoms with Crippen molar-refractivity contribution in [3.05, 3.63) is 30.3 Å². The first-order valence-electron chi connectivity index (χ1n) is 4.51. The summed E-state index contributed by atoms with van der Waals surface area (Å²) in [5.41, 5.74) is 0.705. The Morgan fingerprint density at radius 1 is 1.08 bits per heavy atom. The zero-order valence-electron chi connectivity index (χ0n) is 8.78. The Morgan fingerprint density at radius 3 is 1.92 bits per heavy atom. The maximum Gasteiger partial charge on any atom is 0.165 e. The summed E-state index contributed by atoms with van der Waals surface area (Å²) in [4.78, 5) is 0. The van der Waals surface area contributed by atoms with Crippen LogP contribution in [0.15, 0.2) is 30.3 Å². The largest absolute Gasteiger partial charge is 0.211 e. The fourth-order valence-electron chi connectivity index (χ4n) is 1.11. The molecular formula is C11H18NO+. The normalized spacial score (nSPS) is 16.7. The van der Waals surface area contributed by atoms with E-state index in [4.69, 9.17) is 0 Å². The zero-order valence-corrected chi connectivity index (χ0v) is 8.78. The summed E-state index contributed by atoms with van der Waals surface area (Å²) < 4.78 is -0.0894. The van der Waals surface area contributed by atoms with E-state index in [-0.39, 0.29) is 10.2 Å². The van der Waals surface area contributed by atoms with Crippen LogP contribution in [0, 0.1) is 0 Å². The molecule has 0 bridgehead atoms. The number of hydrogen-bond acceptors (Lipinski definition) is 1. The molecule has 0 aromatic heterocycles. The molecule has 0 heterocycles. The molecule has 0 fully saturated rings. The van der Waals surface area contributed by atoms with Gasteiger partial charge in [-0.05, 0) is 20.8 Å². The van der Waals surface area contributed by atoms with Crippen molar-refractivity contribution in [1.82, 2.24) is 4.65 Å². The number of rotatable bonds is 1. The Bertz CT molecular complexity index is 272. The van der Waals surface area contributed by atoms with E-state index in [1.807, 2.05) is 51.1 Å². The second kappa shape index (κ2) is 3.13. The van der Waals surface area contributed by atoms with Crippen LogP contribution in [0.2, 0.25) is 0 Å². The molecule has 0 saturated heterocycles. The second-order valence-corrected chi connectivity index (χ2v) is 4.47. The first kappa shape index (κ1) is 10.2.